The van der Waals surface area contributed by atoms with Crippen molar-refractivity contribution in [3.8, 4) is 5.75 Å². The fourth-order valence-corrected chi connectivity index (χ4v) is 2.34. The molecule has 0 atom stereocenters. The summed E-state index contributed by atoms with van der Waals surface area (Å²) in [6.45, 7) is 0.723. The Morgan fingerprint density at radius 3 is 2.62 bits per heavy atom. The van der Waals surface area contributed by atoms with Crippen molar-refractivity contribution < 1.29 is 19.4 Å². The topological polar surface area (TPSA) is 75.6 Å². The van der Waals surface area contributed by atoms with Crippen molar-refractivity contribution in [3.05, 3.63) is 28.2 Å². The minimum atomic E-state index is -1.19. The Bertz CT molecular complexity index is 558. The third-order valence-corrected chi connectivity index (χ3v) is 3.88. The van der Waals surface area contributed by atoms with Crippen LogP contribution in [0, 0.1) is 5.41 Å². The number of carboxylic acid groups (broad SMARTS) is 1. The maximum atomic E-state index is 11.7. The Hall–Kier alpha value is -1.46. The molecular formula is C14H15Cl2NO4. The minimum Gasteiger partial charge on any atom is -0.492 e. The number of hydrogen-bond donors (Lipinski definition) is 2. The minimum absolute atomic E-state index is 0.360. The van der Waals surface area contributed by atoms with Crippen molar-refractivity contribution >= 4 is 35.1 Å². The molecule has 0 aromatic heterocycles. The van der Waals surface area contributed by atoms with Gasteiger partial charge in [-0.2, -0.15) is 0 Å². The van der Waals surface area contributed by atoms with Gasteiger partial charge in [0.25, 0.3) is 0 Å². The molecule has 1 amide bonds. The smallest absolute Gasteiger partial charge is 0.319 e. The highest BCUT2D eigenvalue weighted by atomic mass is 35.5. The summed E-state index contributed by atoms with van der Waals surface area (Å²) in [7, 11) is 0. The number of rotatable bonds is 7. The van der Waals surface area contributed by atoms with E-state index >= 15 is 0 Å². The predicted molar refractivity (Wildman–Crippen MR) is 78.9 cm³/mol. The van der Waals surface area contributed by atoms with Gasteiger partial charge in [-0.25, -0.2) is 0 Å². The van der Waals surface area contributed by atoms with E-state index in [4.69, 9.17) is 33.0 Å². The molecule has 2 N–H and O–H groups in total. The van der Waals surface area contributed by atoms with Crippen LogP contribution in [0.4, 0.5) is 0 Å². The summed E-state index contributed by atoms with van der Waals surface area (Å²) in [5.41, 5.74) is -1.19. The lowest BCUT2D eigenvalue weighted by atomic mass is 10.1. The van der Waals surface area contributed by atoms with Gasteiger partial charge >= 0.3 is 5.97 Å². The first kappa shape index (κ1) is 15.9. The lowest BCUT2D eigenvalue weighted by molar-refractivity contribution is -0.149. The maximum absolute atomic E-state index is 11.7. The van der Waals surface area contributed by atoms with Crippen molar-refractivity contribution in [1.29, 1.82) is 0 Å². The van der Waals surface area contributed by atoms with Crippen LogP contribution >= 0.6 is 23.2 Å². The largest absolute Gasteiger partial charge is 0.492 e. The van der Waals surface area contributed by atoms with Crippen LogP contribution in [0.3, 0.4) is 0 Å². The summed E-state index contributed by atoms with van der Waals surface area (Å²) in [5, 5.41) is 12.5. The third kappa shape index (κ3) is 3.80. The highest BCUT2D eigenvalue weighted by Crippen LogP contribution is 2.46. The molecule has 5 nitrogen and oxygen atoms in total. The highest BCUT2D eigenvalue weighted by Gasteiger charge is 2.56. The monoisotopic (exact) mass is 331 g/mol. The lowest BCUT2D eigenvalue weighted by Crippen LogP contribution is -2.37. The molecule has 1 aromatic carbocycles. The highest BCUT2D eigenvalue weighted by molar-refractivity contribution is 6.35. The van der Waals surface area contributed by atoms with Gasteiger partial charge in [0.1, 0.15) is 11.2 Å². The molecule has 0 saturated heterocycles. The number of carbonyl (C=O) groups excluding carboxylic acids is 1. The van der Waals surface area contributed by atoms with E-state index in [0.29, 0.717) is 48.2 Å². The van der Waals surface area contributed by atoms with E-state index < -0.39 is 17.3 Å². The van der Waals surface area contributed by atoms with Gasteiger partial charge in [0.15, 0.2) is 0 Å². The summed E-state index contributed by atoms with van der Waals surface area (Å²) >= 11 is 11.7. The summed E-state index contributed by atoms with van der Waals surface area (Å²) in [6.07, 6.45) is 1.37. The number of ether oxygens (including phenoxy) is 1. The SMILES string of the molecule is O=C(O)C1(C(=O)NCCCOc2ccc(Cl)cc2Cl)CC1. The molecule has 7 heteroatoms. The van der Waals surface area contributed by atoms with Crippen LogP contribution in [-0.2, 0) is 9.59 Å². The van der Waals surface area contributed by atoms with Gasteiger partial charge in [-0.3, -0.25) is 9.59 Å². The van der Waals surface area contributed by atoms with E-state index in [2.05, 4.69) is 5.32 Å². The molecule has 114 valence electrons. The summed E-state index contributed by atoms with van der Waals surface area (Å²) in [4.78, 5) is 22.7. The number of hydrogen-bond acceptors (Lipinski definition) is 3. The number of aliphatic carboxylic acids is 1. The van der Waals surface area contributed by atoms with Gasteiger partial charge in [-0.15, -0.1) is 0 Å². The van der Waals surface area contributed by atoms with E-state index in [-0.39, 0.29) is 0 Å². The fraction of sp³-hybridized carbons (Fsp3) is 0.429. The molecule has 1 aliphatic rings. The average molecular weight is 332 g/mol. The van der Waals surface area contributed by atoms with Crippen LogP contribution in [0.2, 0.25) is 10.0 Å². The Morgan fingerprint density at radius 1 is 1.33 bits per heavy atom. The number of carboxylic acids is 1. The molecule has 0 bridgehead atoms. The number of amides is 1. The normalized spacial score (nSPS) is 15.3. The maximum Gasteiger partial charge on any atom is 0.319 e. The zero-order chi connectivity index (χ0) is 15.5. The van der Waals surface area contributed by atoms with Crippen LogP contribution in [0.15, 0.2) is 18.2 Å². The Kier molecular flexibility index (Phi) is 4.96. The van der Waals surface area contributed by atoms with Gasteiger partial charge in [0.05, 0.1) is 11.6 Å². The number of halogens is 2. The Balaban J connectivity index is 1.69. The second-order valence-corrected chi connectivity index (χ2v) is 5.76. The van der Waals surface area contributed by atoms with Gasteiger partial charge in [-0.1, -0.05) is 23.2 Å². The molecule has 2 rings (SSSR count). The van der Waals surface area contributed by atoms with E-state index in [0.717, 1.165) is 0 Å². The van der Waals surface area contributed by atoms with E-state index in [1.54, 1.807) is 18.2 Å². The number of benzene rings is 1. The first-order valence-corrected chi connectivity index (χ1v) is 7.31. The van der Waals surface area contributed by atoms with Crippen molar-refractivity contribution in [2.24, 2.45) is 5.41 Å². The van der Waals surface area contributed by atoms with Crippen LogP contribution < -0.4 is 10.1 Å². The van der Waals surface area contributed by atoms with Gasteiger partial charge in [0.2, 0.25) is 5.91 Å². The first-order valence-electron chi connectivity index (χ1n) is 6.55. The molecule has 0 heterocycles. The Labute approximate surface area is 132 Å². The zero-order valence-electron chi connectivity index (χ0n) is 11.2. The van der Waals surface area contributed by atoms with Crippen LogP contribution in [0.1, 0.15) is 19.3 Å². The van der Waals surface area contributed by atoms with Gasteiger partial charge < -0.3 is 15.2 Å². The molecule has 1 fully saturated rings. The molecular weight excluding hydrogens is 317 g/mol. The number of nitrogens with one attached hydrogen (secondary N) is 1. The predicted octanol–water partition coefficient (Wildman–Crippen LogP) is 2.74. The quantitative estimate of drug-likeness (QED) is 0.595. The first-order chi connectivity index (χ1) is 9.95. The second kappa shape index (κ2) is 6.54. The fourth-order valence-electron chi connectivity index (χ4n) is 1.88. The summed E-state index contributed by atoms with van der Waals surface area (Å²) < 4.78 is 5.46. The van der Waals surface area contributed by atoms with Crippen molar-refractivity contribution in [2.75, 3.05) is 13.2 Å². The standard InChI is InChI=1S/C14H15Cl2NO4/c15-9-2-3-11(10(16)8-9)21-7-1-6-17-12(18)14(4-5-14)13(19)20/h2-3,8H,1,4-7H2,(H,17,18)(H,19,20). The average Bonchev–Trinajstić information content (AvgIpc) is 3.22. The molecule has 1 aromatic rings. The van der Waals surface area contributed by atoms with E-state index in [1.165, 1.54) is 0 Å². The number of carbonyl (C=O) groups is 2. The van der Waals surface area contributed by atoms with Crippen molar-refractivity contribution in [3.63, 3.8) is 0 Å². The molecule has 0 unspecified atom stereocenters. The molecule has 0 radical (unpaired) electrons. The molecule has 1 aliphatic carbocycles. The third-order valence-electron chi connectivity index (χ3n) is 3.35. The van der Waals surface area contributed by atoms with Crippen LogP contribution in [0.25, 0.3) is 0 Å². The summed E-state index contributed by atoms with van der Waals surface area (Å²) in [6, 6.07) is 4.94. The van der Waals surface area contributed by atoms with Crippen LogP contribution in [0.5, 0.6) is 5.75 Å². The van der Waals surface area contributed by atoms with Crippen molar-refractivity contribution in [1.82, 2.24) is 5.32 Å². The molecule has 0 aliphatic heterocycles. The second-order valence-electron chi connectivity index (χ2n) is 4.92. The zero-order valence-corrected chi connectivity index (χ0v) is 12.7. The van der Waals surface area contributed by atoms with Gasteiger partial charge in [0, 0.05) is 11.6 Å². The van der Waals surface area contributed by atoms with Crippen molar-refractivity contribution in [2.45, 2.75) is 19.3 Å². The van der Waals surface area contributed by atoms with E-state index in [9.17, 15) is 9.59 Å². The van der Waals surface area contributed by atoms with Crippen LogP contribution in [-0.4, -0.2) is 30.1 Å². The molecule has 1 saturated carbocycles. The molecule has 0 spiro atoms. The van der Waals surface area contributed by atoms with E-state index in [1.807, 2.05) is 0 Å². The molecule has 21 heavy (non-hydrogen) atoms. The Morgan fingerprint density at radius 2 is 2.05 bits per heavy atom. The summed E-state index contributed by atoms with van der Waals surface area (Å²) in [5.74, 6) is -0.944. The lowest BCUT2D eigenvalue weighted by Gasteiger charge is -2.11. The van der Waals surface area contributed by atoms with Gasteiger partial charge in [-0.05, 0) is 37.5 Å².